The fourth-order valence-electron chi connectivity index (χ4n) is 3.29. The van der Waals surface area contributed by atoms with Crippen LogP contribution in [0, 0.1) is 6.92 Å². The van der Waals surface area contributed by atoms with Gasteiger partial charge in [-0.15, -0.1) is 0 Å². The summed E-state index contributed by atoms with van der Waals surface area (Å²) in [7, 11) is 0. The minimum atomic E-state index is 0.0586. The maximum atomic E-state index is 12.8. The molecule has 0 aliphatic carbocycles. The summed E-state index contributed by atoms with van der Waals surface area (Å²) < 4.78 is 5.68. The van der Waals surface area contributed by atoms with E-state index in [1.54, 1.807) is 0 Å². The van der Waals surface area contributed by atoms with E-state index in [9.17, 15) is 4.79 Å². The van der Waals surface area contributed by atoms with Crippen molar-refractivity contribution in [1.29, 1.82) is 0 Å². The highest BCUT2D eigenvalue weighted by molar-refractivity contribution is 5.94. The van der Waals surface area contributed by atoms with Gasteiger partial charge in [-0.2, -0.15) is 4.98 Å². The molecule has 1 saturated heterocycles. The Kier molecular flexibility index (Phi) is 7.27. The number of aromatic nitrogens is 2. The summed E-state index contributed by atoms with van der Waals surface area (Å²) in [4.78, 5) is 26.0. The van der Waals surface area contributed by atoms with Gasteiger partial charge in [0.2, 0.25) is 5.95 Å². The van der Waals surface area contributed by atoms with Crippen molar-refractivity contribution in [1.82, 2.24) is 14.9 Å². The largest absolute Gasteiger partial charge is 0.494 e. The number of nitrogens with zero attached hydrogens (tertiary/aromatic N) is 4. The third kappa shape index (κ3) is 5.59. The zero-order valence-electron chi connectivity index (χ0n) is 17.6. The lowest BCUT2D eigenvalue weighted by molar-refractivity contribution is 0.0746. The van der Waals surface area contributed by atoms with Crippen LogP contribution in [-0.2, 0) is 0 Å². The molecule has 1 aliphatic rings. The first-order valence-corrected chi connectivity index (χ1v) is 10.5. The molecule has 2 heterocycles. The van der Waals surface area contributed by atoms with E-state index in [2.05, 4.69) is 27.1 Å². The van der Waals surface area contributed by atoms with Gasteiger partial charge in [-0.1, -0.05) is 13.3 Å². The molecule has 7 heteroatoms. The van der Waals surface area contributed by atoms with Crippen molar-refractivity contribution in [3.8, 4) is 5.75 Å². The van der Waals surface area contributed by atoms with Crippen molar-refractivity contribution < 1.29 is 9.53 Å². The van der Waals surface area contributed by atoms with Crippen LogP contribution in [0.3, 0.4) is 0 Å². The average molecular weight is 398 g/mol. The van der Waals surface area contributed by atoms with Gasteiger partial charge in [0.05, 0.1) is 6.61 Å². The molecule has 156 valence electrons. The van der Waals surface area contributed by atoms with Crippen molar-refractivity contribution in [2.45, 2.75) is 33.6 Å². The number of nitrogens with one attached hydrogen (secondary N) is 1. The van der Waals surface area contributed by atoms with Crippen LogP contribution in [0.5, 0.6) is 5.75 Å². The van der Waals surface area contributed by atoms with Crippen molar-refractivity contribution in [3.63, 3.8) is 0 Å². The molecule has 0 saturated carbocycles. The first kappa shape index (κ1) is 20.9. The smallest absolute Gasteiger partial charge is 0.253 e. The summed E-state index contributed by atoms with van der Waals surface area (Å²) in [5, 5.41) is 3.24. The molecule has 1 aromatic heterocycles. The predicted molar refractivity (Wildman–Crippen MR) is 116 cm³/mol. The second-order valence-electron chi connectivity index (χ2n) is 7.23. The molecular formula is C22H31N5O2. The number of amides is 1. The summed E-state index contributed by atoms with van der Waals surface area (Å²) >= 11 is 0. The van der Waals surface area contributed by atoms with E-state index in [4.69, 9.17) is 4.74 Å². The van der Waals surface area contributed by atoms with Crippen molar-refractivity contribution >= 4 is 17.7 Å². The molecule has 0 radical (unpaired) electrons. The third-order valence-electron chi connectivity index (χ3n) is 4.92. The van der Waals surface area contributed by atoms with Gasteiger partial charge < -0.3 is 19.9 Å². The summed E-state index contributed by atoms with van der Waals surface area (Å²) in [6.07, 6.45) is 2.14. The van der Waals surface area contributed by atoms with E-state index >= 15 is 0 Å². The van der Waals surface area contributed by atoms with E-state index in [1.165, 1.54) is 0 Å². The lowest BCUT2D eigenvalue weighted by atomic mass is 10.1. The monoisotopic (exact) mass is 397 g/mol. The van der Waals surface area contributed by atoms with Crippen LogP contribution in [0.25, 0.3) is 0 Å². The molecule has 29 heavy (non-hydrogen) atoms. The highest BCUT2D eigenvalue weighted by Crippen LogP contribution is 2.18. The summed E-state index contributed by atoms with van der Waals surface area (Å²) in [5.41, 5.74) is 1.63. The van der Waals surface area contributed by atoms with E-state index in [1.807, 2.05) is 49.1 Å². The molecule has 0 unspecified atom stereocenters. The van der Waals surface area contributed by atoms with Gasteiger partial charge in [-0.05, 0) is 44.5 Å². The first-order valence-electron chi connectivity index (χ1n) is 10.5. The Morgan fingerprint density at radius 3 is 2.48 bits per heavy atom. The Labute approximate surface area is 173 Å². The van der Waals surface area contributed by atoms with Gasteiger partial charge >= 0.3 is 0 Å². The Hall–Kier alpha value is -2.83. The van der Waals surface area contributed by atoms with E-state index in [0.29, 0.717) is 25.3 Å². The van der Waals surface area contributed by atoms with Crippen LogP contribution in [0.4, 0.5) is 11.8 Å². The maximum Gasteiger partial charge on any atom is 0.253 e. The Morgan fingerprint density at radius 1 is 1.10 bits per heavy atom. The minimum Gasteiger partial charge on any atom is -0.494 e. The lowest BCUT2D eigenvalue weighted by Gasteiger charge is -2.35. The van der Waals surface area contributed by atoms with Crippen LogP contribution in [-0.4, -0.2) is 60.1 Å². The molecule has 1 fully saturated rings. The van der Waals surface area contributed by atoms with Gasteiger partial charge in [-0.3, -0.25) is 4.79 Å². The summed E-state index contributed by atoms with van der Waals surface area (Å²) in [6.45, 7) is 10.4. The molecule has 1 aromatic carbocycles. The van der Waals surface area contributed by atoms with E-state index < -0.39 is 0 Å². The number of aryl methyl sites for hydroxylation is 1. The zero-order valence-corrected chi connectivity index (χ0v) is 17.6. The number of ether oxygens (including phenoxy) is 1. The molecule has 2 aromatic rings. The lowest BCUT2D eigenvalue weighted by Crippen LogP contribution is -2.49. The van der Waals surface area contributed by atoms with Crippen LogP contribution >= 0.6 is 0 Å². The number of benzene rings is 1. The van der Waals surface area contributed by atoms with Crippen molar-refractivity contribution in [2.75, 3.05) is 49.5 Å². The summed E-state index contributed by atoms with van der Waals surface area (Å²) in [5.74, 6) is 2.44. The number of carbonyl (C=O) groups is 1. The number of anilines is 2. The number of hydrogen-bond acceptors (Lipinski definition) is 6. The van der Waals surface area contributed by atoms with E-state index in [-0.39, 0.29) is 5.91 Å². The average Bonchev–Trinajstić information content (AvgIpc) is 2.74. The first-order chi connectivity index (χ1) is 14.1. The highest BCUT2D eigenvalue weighted by atomic mass is 16.5. The van der Waals surface area contributed by atoms with Gasteiger partial charge in [0.1, 0.15) is 11.6 Å². The molecular weight excluding hydrogens is 366 g/mol. The fraction of sp³-hybridized carbons (Fsp3) is 0.500. The topological polar surface area (TPSA) is 70.6 Å². The maximum absolute atomic E-state index is 12.8. The van der Waals surface area contributed by atoms with Crippen molar-refractivity contribution in [2.24, 2.45) is 0 Å². The molecule has 0 spiro atoms. The molecule has 7 nitrogen and oxygen atoms in total. The van der Waals surface area contributed by atoms with E-state index in [0.717, 1.165) is 55.7 Å². The zero-order chi connectivity index (χ0) is 20.6. The number of rotatable bonds is 8. The second kappa shape index (κ2) is 10.1. The number of piperazine rings is 1. The minimum absolute atomic E-state index is 0.0586. The standard InChI is InChI=1S/C22H31N5O2/c1-4-6-15-29-19-9-7-18(8-10-19)21(28)26-11-13-27(14-12-26)22-24-17(3)16-20(25-22)23-5-2/h7-10,16H,4-6,11-15H2,1-3H3,(H,23,24,25). The van der Waals surface area contributed by atoms with Crippen LogP contribution < -0.4 is 15.0 Å². The second-order valence-corrected chi connectivity index (χ2v) is 7.23. The SMILES string of the molecule is CCCCOc1ccc(C(=O)N2CCN(c3nc(C)cc(NCC)n3)CC2)cc1. The van der Waals surface area contributed by atoms with Crippen LogP contribution in [0.2, 0.25) is 0 Å². The molecule has 1 aliphatic heterocycles. The number of carbonyl (C=O) groups excluding carboxylic acids is 1. The van der Waals surface area contributed by atoms with Gasteiger partial charge in [0.25, 0.3) is 5.91 Å². The normalized spacial score (nSPS) is 14.0. The van der Waals surface area contributed by atoms with Gasteiger partial charge in [0.15, 0.2) is 0 Å². The number of hydrogen-bond donors (Lipinski definition) is 1. The highest BCUT2D eigenvalue weighted by Gasteiger charge is 2.24. The van der Waals surface area contributed by atoms with Crippen molar-refractivity contribution in [3.05, 3.63) is 41.6 Å². The Balaban J connectivity index is 1.57. The number of unbranched alkanes of at least 4 members (excludes halogenated alkanes) is 1. The fourth-order valence-corrected chi connectivity index (χ4v) is 3.29. The molecule has 0 bridgehead atoms. The van der Waals surface area contributed by atoms with Crippen LogP contribution in [0.1, 0.15) is 42.7 Å². The molecule has 3 rings (SSSR count). The quantitative estimate of drug-likeness (QED) is 0.689. The molecule has 1 amide bonds. The molecule has 0 atom stereocenters. The predicted octanol–water partition coefficient (Wildman–Crippen LogP) is 3.36. The third-order valence-corrected chi connectivity index (χ3v) is 4.92. The Morgan fingerprint density at radius 2 is 1.83 bits per heavy atom. The van der Waals surface area contributed by atoms with Crippen LogP contribution in [0.15, 0.2) is 30.3 Å². The molecule has 1 N–H and O–H groups in total. The van der Waals surface area contributed by atoms with Gasteiger partial charge in [0, 0.05) is 50.0 Å². The summed E-state index contributed by atoms with van der Waals surface area (Å²) in [6, 6.07) is 9.40. The van der Waals surface area contributed by atoms with Gasteiger partial charge in [-0.25, -0.2) is 4.98 Å². The Bertz CT molecular complexity index is 801.